The summed E-state index contributed by atoms with van der Waals surface area (Å²) >= 11 is 0. The largest absolute Gasteiger partial charge is 0.465 e. The number of amides is 3. The van der Waals surface area contributed by atoms with E-state index in [1.165, 1.54) is 14.0 Å². The van der Waals surface area contributed by atoms with Crippen LogP contribution in [0.15, 0.2) is 42.5 Å². The van der Waals surface area contributed by atoms with E-state index in [0.717, 1.165) is 23.4 Å². The molecule has 0 unspecified atom stereocenters. The molecule has 0 aliphatic carbocycles. The summed E-state index contributed by atoms with van der Waals surface area (Å²) in [7, 11) is 1.29. The number of carbonyl (C=O) groups is 4. The van der Waals surface area contributed by atoms with Gasteiger partial charge in [0.15, 0.2) is 0 Å². The second-order valence-electron chi connectivity index (χ2n) is 7.70. The third kappa shape index (κ3) is 4.01. The molecule has 4 rings (SSSR count). The summed E-state index contributed by atoms with van der Waals surface area (Å²) in [5.74, 6) is -1.39. The number of hydrogen-bond acceptors (Lipinski definition) is 5. The van der Waals surface area contributed by atoms with Gasteiger partial charge >= 0.3 is 5.97 Å². The zero-order valence-corrected chi connectivity index (χ0v) is 17.4. The van der Waals surface area contributed by atoms with Gasteiger partial charge in [-0.05, 0) is 48.4 Å². The number of nitrogens with one attached hydrogen (secondary N) is 1. The van der Waals surface area contributed by atoms with Gasteiger partial charge in [0.05, 0.1) is 18.6 Å². The number of methoxy groups -OCH3 is 1. The Balaban J connectivity index is 1.46. The molecule has 1 fully saturated rings. The number of fused-ring (bicyclic) bond motifs is 1. The summed E-state index contributed by atoms with van der Waals surface area (Å²) in [5, 5.41) is 2.79. The molecule has 0 spiro atoms. The molecule has 2 aromatic carbocycles. The number of rotatable bonds is 4. The fourth-order valence-corrected chi connectivity index (χ4v) is 4.10. The minimum Gasteiger partial charge on any atom is -0.465 e. The van der Waals surface area contributed by atoms with E-state index in [9.17, 15) is 19.2 Å². The SMILES string of the molecule is COC(=O)c1cccc(NC(=O)[C@H]2CC(=O)N(c3ccc4c(c3)CCN4C(C)=O)C2)c1. The Morgan fingerprint density at radius 1 is 1.13 bits per heavy atom. The van der Waals surface area contributed by atoms with Crippen molar-refractivity contribution in [3.05, 3.63) is 53.6 Å². The predicted molar refractivity (Wildman–Crippen MR) is 115 cm³/mol. The Kier molecular flexibility index (Phi) is 5.46. The zero-order valence-electron chi connectivity index (χ0n) is 17.4. The van der Waals surface area contributed by atoms with Crippen molar-refractivity contribution in [2.75, 3.05) is 35.3 Å². The highest BCUT2D eigenvalue weighted by Crippen LogP contribution is 2.34. The van der Waals surface area contributed by atoms with E-state index < -0.39 is 11.9 Å². The molecule has 0 saturated carbocycles. The summed E-state index contributed by atoms with van der Waals surface area (Å²) in [4.78, 5) is 52.1. The third-order valence-corrected chi connectivity index (χ3v) is 5.70. The normalized spacial score (nSPS) is 17.5. The molecule has 2 aliphatic heterocycles. The van der Waals surface area contributed by atoms with Crippen LogP contribution in [0.5, 0.6) is 0 Å². The van der Waals surface area contributed by atoms with Gasteiger partial charge in [-0.25, -0.2) is 4.79 Å². The quantitative estimate of drug-likeness (QED) is 0.765. The zero-order chi connectivity index (χ0) is 22.1. The van der Waals surface area contributed by atoms with Crippen LogP contribution in [0.4, 0.5) is 17.1 Å². The molecule has 3 amide bonds. The molecule has 1 atom stereocenters. The molecule has 8 heteroatoms. The highest BCUT2D eigenvalue weighted by atomic mass is 16.5. The van der Waals surface area contributed by atoms with Crippen LogP contribution in [0, 0.1) is 5.92 Å². The molecule has 160 valence electrons. The van der Waals surface area contributed by atoms with E-state index in [1.807, 2.05) is 18.2 Å². The molecule has 1 saturated heterocycles. The molecule has 0 radical (unpaired) electrons. The van der Waals surface area contributed by atoms with Gasteiger partial charge in [0.25, 0.3) is 0 Å². The summed E-state index contributed by atoms with van der Waals surface area (Å²) in [6, 6.07) is 12.1. The first-order valence-corrected chi connectivity index (χ1v) is 10.1. The van der Waals surface area contributed by atoms with Crippen LogP contribution in [0.2, 0.25) is 0 Å². The van der Waals surface area contributed by atoms with E-state index in [-0.39, 0.29) is 30.7 Å². The van der Waals surface area contributed by atoms with E-state index >= 15 is 0 Å². The Labute approximate surface area is 179 Å². The second kappa shape index (κ2) is 8.22. The molecule has 2 aliphatic rings. The summed E-state index contributed by atoms with van der Waals surface area (Å²) in [6.07, 6.45) is 0.852. The molecule has 2 heterocycles. The van der Waals surface area contributed by atoms with Crippen molar-refractivity contribution in [2.24, 2.45) is 5.92 Å². The number of carbonyl (C=O) groups excluding carboxylic acids is 4. The lowest BCUT2D eigenvalue weighted by molar-refractivity contribution is -0.122. The number of benzene rings is 2. The fourth-order valence-electron chi connectivity index (χ4n) is 4.10. The number of esters is 1. The van der Waals surface area contributed by atoms with Crippen molar-refractivity contribution in [3.8, 4) is 0 Å². The van der Waals surface area contributed by atoms with Crippen molar-refractivity contribution in [3.63, 3.8) is 0 Å². The van der Waals surface area contributed by atoms with Crippen molar-refractivity contribution >= 4 is 40.8 Å². The molecule has 31 heavy (non-hydrogen) atoms. The maximum absolute atomic E-state index is 12.7. The number of anilines is 3. The first kappa shape index (κ1) is 20.6. The fraction of sp³-hybridized carbons (Fsp3) is 0.304. The predicted octanol–water partition coefficient (Wildman–Crippen LogP) is 2.37. The van der Waals surface area contributed by atoms with Crippen molar-refractivity contribution < 1.29 is 23.9 Å². The number of hydrogen-bond donors (Lipinski definition) is 1. The second-order valence-corrected chi connectivity index (χ2v) is 7.70. The lowest BCUT2D eigenvalue weighted by Gasteiger charge is -2.19. The summed E-state index contributed by atoms with van der Waals surface area (Å²) in [6.45, 7) is 2.45. The highest BCUT2D eigenvalue weighted by molar-refractivity contribution is 6.04. The van der Waals surface area contributed by atoms with Crippen LogP contribution in [0.1, 0.15) is 29.3 Å². The maximum Gasteiger partial charge on any atom is 0.337 e. The van der Waals surface area contributed by atoms with E-state index in [4.69, 9.17) is 4.74 Å². The standard InChI is InChI=1S/C23H23N3O5/c1-14(27)25-9-8-15-11-19(6-7-20(15)25)26-13-17(12-21(26)28)22(29)24-18-5-3-4-16(10-18)23(30)31-2/h3-7,10-11,17H,8-9,12-13H2,1-2H3,(H,24,29)/t17-/m0/s1. The monoisotopic (exact) mass is 421 g/mol. The van der Waals surface area contributed by atoms with E-state index in [2.05, 4.69) is 5.32 Å². The Morgan fingerprint density at radius 2 is 1.94 bits per heavy atom. The summed E-state index contributed by atoms with van der Waals surface area (Å²) < 4.78 is 4.70. The van der Waals surface area contributed by atoms with Gasteiger partial charge in [-0.1, -0.05) is 6.07 Å². The molecular weight excluding hydrogens is 398 g/mol. The van der Waals surface area contributed by atoms with Crippen LogP contribution in [-0.2, 0) is 25.5 Å². The minimum absolute atomic E-state index is 0.00301. The maximum atomic E-state index is 12.7. The molecule has 1 N–H and O–H groups in total. The molecule has 0 bridgehead atoms. The minimum atomic E-state index is -0.503. The van der Waals surface area contributed by atoms with Crippen LogP contribution >= 0.6 is 0 Å². The van der Waals surface area contributed by atoms with Crippen LogP contribution in [0.25, 0.3) is 0 Å². The topological polar surface area (TPSA) is 96.0 Å². The van der Waals surface area contributed by atoms with Crippen molar-refractivity contribution in [1.82, 2.24) is 0 Å². The van der Waals surface area contributed by atoms with Crippen LogP contribution < -0.4 is 15.1 Å². The van der Waals surface area contributed by atoms with Gasteiger partial charge in [-0.2, -0.15) is 0 Å². The van der Waals surface area contributed by atoms with Crippen LogP contribution in [-0.4, -0.2) is 43.9 Å². The van der Waals surface area contributed by atoms with Gasteiger partial charge in [0.1, 0.15) is 0 Å². The first-order valence-electron chi connectivity index (χ1n) is 10.1. The average Bonchev–Trinajstić information content (AvgIpc) is 3.36. The van der Waals surface area contributed by atoms with E-state index in [1.54, 1.807) is 34.1 Å². The van der Waals surface area contributed by atoms with E-state index in [0.29, 0.717) is 17.8 Å². The smallest absolute Gasteiger partial charge is 0.337 e. The van der Waals surface area contributed by atoms with Gasteiger partial charge in [0, 0.05) is 43.5 Å². The third-order valence-electron chi connectivity index (χ3n) is 5.70. The highest BCUT2D eigenvalue weighted by Gasteiger charge is 2.36. The lowest BCUT2D eigenvalue weighted by atomic mass is 10.1. The first-order chi connectivity index (χ1) is 14.9. The lowest BCUT2D eigenvalue weighted by Crippen LogP contribution is -2.28. The summed E-state index contributed by atoms with van der Waals surface area (Å²) in [5.41, 5.74) is 3.44. The molecule has 2 aromatic rings. The van der Waals surface area contributed by atoms with Gasteiger partial charge in [-0.15, -0.1) is 0 Å². The van der Waals surface area contributed by atoms with Crippen molar-refractivity contribution in [2.45, 2.75) is 19.8 Å². The van der Waals surface area contributed by atoms with Gasteiger partial charge in [0.2, 0.25) is 17.7 Å². The number of nitrogens with zero attached hydrogens (tertiary/aromatic N) is 2. The Bertz CT molecular complexity index is 1080. The van der Waals surface area contributed by atoms with Crippen molar-refractivity contribution in [1.29, 1.82) is 0 Å². The Hall–Kier alpha value is -3.68. The van der Waals surface area contributed by atoms with Gasteiger partial charge < -0.3 is 19.9 Å². The number of ether oxygens (including phenoxy) is 1. The average molecular weight is 421 g/mol. The van der Waals surface area contributed by atoms with Gasteiger partial charge in [-0.3, -0.25) is 14.4 Å². The van der Waals surface area contributed by atoms with Crippen LogP contribution in [0.3, 0.4) is 0 Å². The molecule has 0 aromatic heterocycles. The molecule has 8 nitrogen and oxygen atoms in total. The Morgan fingerprint density at radius 3 is 2.68 bits per heavy atom. The molecular formula is C23H23N3O5.